The number of rotatable bonds is 7. The van der Waals surface area contributed by atoms with Crippen molar-refractivity contribution in [1.82, 2.24) is 4.90 Å². The smallest absolute Gasteiger partial charge is 0.0140 e. The summed E-state index contributed by atoms with van der Waals surface area (Å²) in [6.45, 7) is 5.95. The first-order chi connectivity index (χ1) is 6.65. The van der Waals surface area contributed by atoms with Gasteiger partial charge in [0.15, 0.2) is 0 Å². The molecular weight excluding hydrogens is 206 g/mol. The highest BCUT2D eigenvalue weighted by Gasteiger charge is 1.86. The average Bonchev–Trinajstić information content (AvgIpc) is 2.10. The molecule has 15 heavy (non-hydrogen) atoms. The Kier molecular flexibility index (Phi) is 26.6. The summed E-state index contributed by atoms with van der Waals surface area (Å²) in [4.78, 5) is 2.00. The van der Waals surface area contributed by atoms with Gasteiger partial charge in [-0.2, -0.15) is 0 Å². The Morgan fingerprint density at radius 1 is 0.933 bits per heavy atom. The maximum atomic E-state index is 3.69. The lowest BCUT2D eigenvalue weighted by atomic mass is 10.1. The minimum absolute atomic E-state index is 0. The molecule has 0 aromatic carbocycles. The van der Waals surface area contributed by atoms with E-state index in [0.29, 0.717) is 0 Å². The molecule has 0 fully saturated rings. The second-order valence-corrected chi connectivity index (χ2v) is 4.19. The van der Waals surface area contributed by atoms with Crippen molar-refractivity contribution in [3.8, 4) is 0 Å². The van der Waals surface area contributed by atoms with Gasteiger partial charge in [-0.1, -0.05) is 45.1 Å². The maximum absolute atomic E-state index is 3.69. The van der Waals surface area contributed by atoms with E-state index in [4.69, 9.17) is 0 Å². The summed E-state index contributed by atoms with van der Waals surface area (Å²) >= 11 is 0. The van der Waals surface area contributed by atoms with E-state index in [1.807, 2.05) is 32.1 Å². The fourth-order valence-electron chi connectivity index (χ4n) is 1.07. The van der Waals surface area contributed by atoms with E-state index in [2.05, 4.69) is 13.5 Å². The normalized spacial score (nSPS) is 8.87. The van der Waals surface area contributed by atoms with Gasteiger partial charge in [-0.15, -0.1) is 19.0 Å². The Hall–Kier alpha value is -0.0100. The molecule has 0 bridgehead atoms. The quantitative estimate of drug-likeness (QED) is 0.463. The zero-order valence-corrected chi connectivity index (χ0v) is 11.9. The van der Waals surface area contributed by atoms with Crippen LogP contribution in [0, 0.1) is 0 Å². The minimum Gasteiger partial charge on any atom is -0.312 e. The summed E-state index contributed by atoms with van der Waals surface area (Å²) in [7, 11) is 6.00. The van der Waals surface area contributed by atoms with E-state index in [1.54, 1.807) is 0 Å². The van der Waals surface area contributed by atoms with E-state index in [-0.39, 0.29) is 12.4 Å². The molecular formula is C13H30ClN. The Bertz CT molecular complexity index is 100.0. The summed E-state index contributed by atoms with van der Waals surface area (Å²) < 4.78 is 0. The molecule has 0 atom stereocenters. The van der Waals surface area contributed by atoms with E-state index < -0.39 is 0 Å². The van der Waals surface area contributed by atoms with Crippen LogP contribution in [0.25, 0.3) is 0 Å². The van der Waals surface area contributed by atoms with E-state index >= 15 is 0 Å². The highest BCUT2D eigenvalue weighted by atomic mass is 35.5. The third-order valence-electron chi connectivity index (χ3n) is 1.76. The van der Waals surface area contributed by atoms with Gasteiger partial charge < -0.3 is 4.90 Å². The molecule has 0 unspecified atom stereocenters. The van der Waals surface area contributed by atoms with Crippen molar-refractivity contribution in [3.63, 3.8) is 0 Å². The Morgan fingerprint density at radius 3 is 1.73 bits per heavy atom. The van der Waals surface area contributed by atoms with Crippen LogP contribution >= 0.6 is 12.4 Å². The molecule has 0 aliphatic rings. The first kappa shape index (κ1) is 20.4. The molecule has 0 amide bonds. The Labute approximate surface area is 103 Å². The second-order valence-electron chi connectivity index (χ2n) is 4.19. The number of halogens is 1. The van der Waals surface area contributed by atoms with Crippen LogP contribution in [0.2, 0.25) is 0 Å². The summed E-state index contributed by atoms with van der Waals surface area (Å²) in [5, 5.41) is 0. The molecule has 0 saturated heterocycles. The third-order valence-corrected chi connectivity index (χ3v) is 1.76. The number of hydrogen-bond donors (Lipinski definition) is 0. The molecule has 0 aromatic rings. The standard InChI is InChI=1S/C10H20.C3H9N.ClH/c1-3-5-7-9-10-8-6-4-2;1-4(2)3;/h3H,1,4-10H2,2H3;1-3H3;1H. The van der Waals surface area contributed by atoms with Crippen LogP contribution in [0.15, 0.2) is 12.7 Å². The lowest BCUT2D eigenvalue weighted by Gasteiger charge is -1.96. The van der Waals surface area contributed by atoms with E-state index in [0.717, 1.165) is 0 Å². The van der Waals surface area contributed by atoms with E-state index in [9.17, 15) is 0 Å². The predicted molar refractivity (Wildman–Crippen MR) is 75.0 cm³/mol. The van der Waals surface area contributed by atoms with Gasteiger partial charge in [0.2, 0.25) is 0 Å². The van der Waals surface area contributed by atoms with Crippen molar-refractivity contribution in [2.75, 3.05) is 21.1 Å². The van der Waals surface area contributed by atoms with Gasteiger partial charge in [0.25, 0.3) is 0 Å². The number of allylic oxidation sites excluding steroid dienone is 1. The lowest BCUT2D eigenvalue weighted by Crippen LogP contribution is -1.99. The van der Waals surface area contributed by atoms with Gasteiger partial charge in [-0.3, -0.25) is 0 Å². The highest BCUT2D eigenvalue weighted by Crippen LogP contribution is 2.06. The molecule has 0 heterocycles. The van der Waals surface area contributed by atoms with Crippen LogP contribution in [-0.4, -0.2) is 26.0 Å². The van der Waals surface area contributed by atoms with Gasteiger partial charge in [-0.25, -0.2) is 0 Å². The average molecular weight is 236 g/mol. The van der Waals surface area contributed by atoms with Gasteiger partial charge >= 0.3 is 0 Å². The predicted octanol–water partition coefficient (Wildman–Crippen LogP) is 4.52. The van der Waals surface area contributed by atoms with Crippen molar-refractivity contribution in [2.24, 2.45) is 0 Å². The van der Waals surface area contributed by atoms with Gasteiger partial charge in [0.05, 0.1) is 0 Å². The van der Waals surface area contributed by atoms with Crippen molar-refractivity contribution >= 4 is 12.4 Å². The highest BCUT2D eigenvalue weighted by molar-refractivity contribution is 5.85. The first-order valence-electron chi connectivity index (χ1n) is 5.87. The van der Waals surface area contributed by atoms with Crippen LogP contribution < -0.4 is 0 Å². The Balaban J connectivity index is -0.000000249. The van der Waals surface area contributed by atoms with Crippen LogP contribution in [0.4, 0.5) is 0 Å². The fraction of sp³-hybridized carbons (Fsp3) is 0.846. The van der Waals surface area contributed by atoms with Crippen LogP contribution in [0.5, 0.6) is 0 Å². The molecule has 0 saturated carbocycles. The Morgan fingerprint density at radius 2 is 1.33 bits per heavy atom. The largest absolute Gasteiger partial charge is 0.312 e. The molecule has 0 aliphatic carbocycles. The topological polar surface area (TPSA) is 3.24 Å². The minimum atomic E-state index is 0. The van der Waals surface area contributed by atoms with Crippen molar-refractivity contribution in [3.05, 3.63) is 12.7 Å². The molecule has 2 heteroatoms. The van der Waals surface area contributed by atoms with Crippen LogP contribution in [0.3, 0.4) is 0 Å². The number of unbranched alkanes of at least 4 members (excludes halogenated alkanes) is 6. The summed E-state index contributed by atoms with van der Waals surface area (Å²) in [5.41, 5.74) is 0. The maximum Gasteiger partial charge on any atom is -0.0140 e. The molecule has 0 spiro atoms. The lowest BCUT2D eigenvalue weighted by molar-refractivity contribution is 0.505. The third kappa shape index (κ3) is 41.2. The molecule has 94 valence electrons. The summed E-state index contributed by atoms with van der Waals surface area (Å²) in [5.74, 6) is 0. The SMILES string of the molecule is C=CCCCCCCCC.CN(C)C.Cl. The zero-order valence-electron chi connectivity index (χ0n) is 11.1. The van der Waals surface area contributed by atoms with Crippen LogP contribution in [-0.2, 0) is 0 Å². The van der Waals surface area contributed by atoms with Crippen molar-refractivity contribution in [2.45, 2.75) is 51.9 Å². The summed E-state index contributed by atoms with van der Waals surface area (Å²) in [6, 6.07) is 0. The van der Waals surface area contributed by atoms with Gasteiger partial charge in [0.1, 0.15) is 0 Å². The van der Waals surface area contributed by atoms with Crippen molar-refractivity contribution < 1.29 is 0 Å². The van der Waals surface area contributed by atoms with E-state index in [1.165, 1.54) is 44.9 Å². The monoisotopic (exact) mass is 235 g/mol. The van der Waals surface area contributed by atoms with Gasteiger partial charge in [-0.05, 0) is 34.0 Å². The molecule has 0 N–H and O–H groups in total. The van der Waals surface area contributed by atoms with Crippen molar-refractivity contribution in [1.29, 1.82) is 0 Å². The molecule has 0 aliphatic heterocycles. The number of hydrogen-bond acceptors (Lipinski definition) is 1. The molecule has 1 nitrogen and oxygen atoms in total. The van der Waals surface area contributed by atoms with Gasteiger partial charge in [0, 0.05) is 0 Å². The van der Waals surface area contributed by atoms with Crippen LogP contribution in [0.1, 0.15) is 51.9 Å². The molecule has 0 aromatic heterocycles. The zero-order chi connectivity index (χ0) is 11.2. The number of nitrogens with zero attached hydrogens (tertiary/aromatic N) is 1. The molecule has 0 rings (SSSR count). The second kappa shape index (κ2) is 19.5. The fourth-order valence-corrected chi connectivity index (χ4v) is 1.07. The summed E-state index contributed by atoms with van der Waals surface area (Å²) in [6.07, 6.45) is 11.6. The molecule has 0 radical (unpaired) electrons. The first-order valence-corrected chi connectivity index (χ1v) is 5.87.